The number of amides is 1. The van der Waals surface area contributed by atoms with Crippen LogP contribution in [0.5, 0.6) is 0 Å². The van der Waals surface area contributed by atoms with Crippen molar-refractivity contribution in [3.05, 3.63) is 60.7 Å². The standard InChI is InChI=1S/C17H15NO2.Ac/c1-14(19)12-13-17(20)18(15-8-4-2-5-9-15)16-10-6-3-7-11-16;/h2-11,14,19H,1H3;. The molecule has 0 saturated carbocycles. The molecule has 0 fully saturated rings. The Hall–Kier alpha value is -1.13. The predicted octanol–water partition coefficient (Wildman–Crippen LogP) is 2.74. The fourth-order valence-electron chi connectivity index (χ4n) is 1.76. The summed E-state index contributed by atoms with van der Waals surface area (Å²) in [5.74, 6) is 4.57. The van der Waals surface area contributed by atoms with Gasteiger partial charge in [-0.2, -0.15) is 0 Å². The van der Waals surface area contributed by atoms with Crippen LogP contribution in [0.1, 0.15) is 6.92 Å². The third-order valence-corrected chi connectivity index (χ3v) is 2.62. The second-order valence-corrected chi connectivity index (χ2v) is 4.26. The van der Waals surface area contributed by atoms with Gasteiger partial charge in [0.05, 0.1) is 0 Å². The first-order valence-corrected chi connectivity index (χ1v) is 6.32. The predicted molar refractivity (Wildman–Crippen MR) is 79.5 cm³/mol. The van der Waals surface area contributed by atoms with Crippen molar-refractivity contribution >= 4 is 17.3 Å². The first-order chi connectivity index (χ1) is 9.68. The zero-order chi connectivity index (χ0) is 14.4. The SMILES string of the molecule is CC(O)C#CC(=O)N(c1ccccc1)c1ccccc1.[Ac]. The number of hydrogen-bond donors (Lipinski definition) is 1. The van der Waals surface area contributed by atoms with E-state index >= 15 is 0 Å². The minimum absolute atomic E-state index is 0. The maximum absolute atomic E-state index is 12.3. The topological polar surface area (TPSA) is 40.5 Å². The van der Waals surface area contributed by atoms with Gasteiger partial charge in [-0.25, -0.2) is 0 Å². The summed E-state index contributed by atoms with van der Waals surface area (Å²) < 4.78 is 0. The Balaban J connectivity index is 0.00000220. The molecule has 3 nitrogen and oxygen atoms in total. The largest absolute Gasteiger partial charge is 0.381 e. The zero-order valence-corrected chi connectivity index (χ0v) is 16.5. The van der Waals surface area contributed by atoms with Gasteiger partial charge < -0.3 is 5.11 Å². The summed E-state index contributed by atoms with van der Waals surface area (Å²) in [6.07, 6.45) is -0.827. The summed E-state index contributed by atoms with van der Waals surface area (Å²) in [7, 11) is 0. The number of carbonyl (C=O) groups is 1. The van der Waals surface area contributed by atoms with Crippen molar-refractivity contribution in [1.29, 1.82) is 0 Å². The molecule has 1 unspecified atom stereocenters. The summed E-state index contributed by atoms with van der Waals surface area (Å²) >= 11 is 0. The van der Waals surface area contributed by atoms with Crippen LogP contribution in [0.4, 0.5) is 11.4 Å². The molecule has 103 valence electrons. The summed E-state index contributed by atoms with van der Waals surface area (Å²) in [4.78, 5) is 13.8. The number of para-hydroxylation sites is 2. The van der Waals surface area contributed by atoms with Crippen LogP contribution in [0.2, 0.25) is 0 Å². The van der Waals surface area contributed by atoms with Gasteiger partial charge in [0.25, 0.3) is 0 Å². The number of nitrogens with zero attached hydrogens (tertiary/aromatic N) is 1. The van der Waals surface area contributed by atoms with Crippen LogP contribution in [-0.4, -0.2) is 17.1 Å². The second kappa shape index (κ2) is 9.01. The molecule has 2 aromatic rings. The van der Waals surface area contributed by atoms with Crippen LogP contribution in [0, 0.1) is 55.9 Å². The van der Waals surface area contributed by atoms with Gasteiger partial charge in [0, 0.05) is 55.4 Å². The average molecular weight is 492 g/mol. The van der Waals surface area contributed by atoms with Crippen molar-refractivity contribution in [2.24, 2.45) is 0 Å². The maximum Gasteiger partial charge on any atom is 0.307 e. The normalized spacial score (nSPS) is 10.6. The fourth-order valence-corrected chi connectivity index (χ4v) is 1.76. The van der Waals surface area contributed by atoms with E-state index in [-0.39, 0.29) is 50.0 Å². The molecule has 1 N–H and O–H groups in total. The quantitative estimate of drug-likeness (QED) is 0.656. The van der Waals surface area contributed by atoms with Crippen LogP contribution in [0.25, 0.3) is 0 Å². The molecule has 2 aromatic carbocycles. The van der Waals surface area contributed by atoms with Crippen molar-refractivity contribution in [2.45, 2.75) is 13.0 Å². The van der Waals surface area contributed by atoms with Gasteiger partial charge in [-0.3, -0.25) is 9.69 Å². The van der Waals surface area contributed by atoms with Crippen LogP contribution in [0.15, 0.2) is 60.7 Å². The molecule has 4 heteroatoms. The first kappa shape index (κ1) is 17.9. The van der Waals surface area contributed by atoms with Crippen molar-refractivity contribution < 1.29 is 54.0 Å². The van der Waals surface area contributed by atoms with Gasteiger partial charge in [0.15, 0.2) is 0 Å². The van der Waals surface area contributed by atoms with E-state index < -0.39 is 6.10 Å². The van der Waals surface area contributed by atoms with Crippen LogP contribution in [-0.2, 0) is 4.79 Å². The Morgan fingerprint density at radius 2 is 1.43 bits per heavy atom. The molecule has 0 aliphatic rings. The fraction of sp³-hybridized carbons (Fsp3) is 0.118. The number of rotatable bonds is 2. The first-order valence-electron chi connectivity index (χ1n) is 6.32. The average Bonchev–Trinajstić information content (AvgIpc) is 2.48. The van der Waals surface area contributed by atoms with Crippen LogP contribution < -0.4 is 4.90 Å². The van der Waals surface area contributed by atoms with Gasteiger partial charge in [-0.15, -0.1) is 0 Å². The van der Waals surface area contributed by atoms with E-state index in [0.29, 0.717) is 0 Å². The Labute approximate surface area is 160 Å². The minimum atomic E-state index is -0.827. The number of aliphatic hydroxyl groups excluding tert-OH is 1. The van der Waals surface area contributed by atoms with E-state index in [9.17, 15) is 9.90 Å². The van der Waals surface area contributed by atoms with Crippen molar-refractivity contribution in [2.75, 3.05) is 4.90 Å². The molecule has 0 saturated heterocycles. The van der Waals surface area contributed by atoms with Crippen molar-refractivity contribution in [3.8, 4) is 11.8 Å². The van der Waals surface area contributed by atoms with E-state index in [4.69, 9.17) is 0 Å². The minimum Gasteiger partial charge on any atom is -0.381 e. The molecular weight excluding hydrogens is 477 g/mol. The monoisotopic (exact) mass is 492 g/mol. The Morgan fingerprint density at radius 1 is 1.00 bits per heavy atom. The maximum atomic E-state index is 12.3. The molecule has 0 aliphatic heterocycles. The summed E-state index contributed by atoms with van der Waals surface area (Å²) in [6.45, 7) is 1.52. The molecule has 0 aliphatic carbocycles. The molecule has 0 aromatic heterocycles. The third kappa shape index (κ3) is 5.29. The van der Waals surface area contributed by atoms with Gasteiger partial charge in [-0.05, 0) is 37.1 Å². The van der Waals surface area contributed by atoms with E-state index in [1.54, 1.807) is 0 Å². The molecular formula is C17H15AcNO2. The smallest absolute Gasteiger partial charge is 0.307 e. The number of hydrogen-bond acceptors (Lipinski definition) is 2. The number of aliphatic hydroxyl groups is 1. The van der Waals surface area contributed by atoms with Crippen molar-refractivity contribution in [1.82, 2.24) is 0 Å². The molecule has 0 bridgehead atoms. The Kier molecular flexibility index (Phi) is 7.69. The number of benzene rings is 2. The summed E-state index contributed by atoms with van der Waals surface area (Å²) in [5.41, 5.74) is 1.48. The van der Waals surface area contributed by atoms with Crippen LogP contribution >= 0.6 is 0 Å². The van der Waals surface area contributed by atoms with E-state index in [1.807, 2.05) is 60.7 Å². The van der Waals surface area contributed by atoms with Crippen LogP contribution in [0.3, 0.4) is 0 Å². The van der Waals surface area contributed by atoms with E-state index in [1.165, 1.54) is 11.8 Å². The molecule has 2 rings (SSSR count). The van der Waals surface area contributed by atoms with E-state index in [0.717, 1.165) is 11.4 Å². The Morgan fingerprint density at radius 3 is 1.81 bits per heavy atom. The van der Waals surface area contributed by atoms with Gasteiger partial charge in [0.2, 0.25) is 0 Å². The molecule has 0 spiro atoms. The zero-order valence-electron chi connectivity index (χ0n) is 11.7. The number of anilines is 2. The van der Waals surface area contributed by atoms with E-state index in [2.05, 4.69) is 11.8 Å². The van der Waals surface area contributed by atoms with Gasteiger partial charge >= 0.3 is 5.91 Å². The molecule has 0 heterocycles. The second-order valence-electron chi connectivity index (χ2n) is 4.26. The Bertz CT molecular complexity index is 591. The summed E-state index contributed by atoms with van der Waals surface area (Å²) in [5, 5.41) is 9.18. The van der Waals surface area contributed by atoms with Gasteiger partial charge in [0.1, 0.15) is 6.10 Å². The van der Waals surface area contributed by atoms with Gasteiger partial charge in [-0.1, -0.05) is 42.3 Å². The summed E-state index contributed by atoms with van der Waals surface area (Å²) in [6, 6.07) is 18.6. The molecule has 21 heavy (non-hydrogen) atoms. The molecule has 1 atom stereocenters. The molecule has 1 amide bonds. The van der Waals surface area contributed by atoms with Crippen molar-refractivity contribution in [3.63, 3.8) is 0 Å². The number of carbonyl (C=O) groups excluding carboxylic acids is 1. The third-order valence-electron chi connectivity index (χ3n) is 2.62. The molecule has 1 radical (unpaired) electrons.